The topological polar surface area (TPSA) is 55.1 Å². The quantitative estimate of drug-likeness (QED) is 0.309. The first kappa shape index (κ1) is 23.8. The normalized spacial score (nSPS) is 11.5. The molecule has 0 atom stereocenters. The molecule has 36 heavy (non-hydrogen) atoms. The van der Waals surface area contributed by atoms with Crippen LogP contribution in [0.3, 0.4) is 0 Å². The Morgan fingerprint density at radius 1 is 0.861 bits per heavy atom. The second-order valence-corrected chi connectivity index (χ2v) is 13.0. The fourth-order valence-electron chi connectivity index (χ4n) is 4.19. The molecule has 0 unspecified atom stereocenters. The first-order valence-electron chi connectivity index (χ1n) is 11.8. The Morgan fingerprint density at radius 2 is 1.56 bits per heavy atom. The number of para-hydroxylation sites is 1. The van der Waals surface area contributed by atoms with Crippen LogP contribution in [0.1, 0.15) is 17.0 Å². The second kappa shape index (κ2) is 10.4. The molecular weight excluding hydrogens is 511 g/mol. The van der Waals surface area contributed by atoms with E-state index in [-0.39, 0.29) is 5.56 Å². The van der Waals surface area contributed by atoms with Gasteiger partial charge in [-0.05, 0) is 0 Å². The summed E-state index contributed by atoms with van der Waals surface area (Å²) < 4.78 is 3.92. The molecular formula is C31H27N2O2Se. The van der Waals surface area contributed by atoms with E-state index in [0.717, 1.165) is 26.6 Å². The molecule has 0 aliphatic rings. The maximum atomic E-state index is 13.5. The number of allylic oxidation sites excluding steroid dienone is 1. The third-order valence-electron chi connectivity index (χ3n) is 6.03. The number of aromatic nitrogens is 2. The van der Waals surface area contributed by atoms with Crippen molar-refractivity contribution in [3.8, 4) is 11.4 Å². The number of benzene rings is 4. The van der Waals surface area contributed by atoms with Crippen LogP contribution in [0.4, 0.5) is 0 Å². The van der Waals surface area contributed by atoms with Crippen molar-refractivity contribution in [3.63, 3.8) is 0 Å². The van der Waals surface area contributed by atoms with Crippen molar-refractivity contribution in [1.82, 2.24) is 9.55 Å². The van der Waals surface area contributed by atoms with Crippen molar-refractivity contribution in [1.29, 1.82) is 0 Å². The molecule has 0 bridgehead atoms. The summed E-state index contributed by atoms with van der Waals surface area (Å²) in [6, 6.07) is 31.7. The summed E-state index contributed by atoms with van der Waals surface area (Å²) in [6.45, 7) is 4.01. The summed E-state index contributed by atoms with van der Waals surface area (Å²) in [5.41, 5.74) is 3.54. The third-order valence-corrected chi connectivity index (χ3v) is 10.7. The number of phenolic OH excluding ortho intramolecular Hbond substituents is 1. The van der Waals surface area contributed by atoms with Crippen LogP contribution < -0.4 is 14.5 Å². The molecule has 5 heteroatoms. The molecule has 1 heterocycles. The average Bonchev–Trinajstić information content (AvgIpc) is 2.89. The molecule has 0 aliphatic carbocycles. The van der Waals surface area contributed by atoms with E-state index < -0.39 is 13.9 Å². The van der Waals surface area contributed by atoms with E-state index in [4.69, 9.17) is 4.98 Å². The zero-order chi connectivity index (χ0) is 25.1. The Morgan fingerprint density at radius 3 is 2.31 bits per heavy atom. The summed E-state index contributed by atoms with van der Waals surface area (Å²) in [5, 5.41) is 12.1. The summed E-state index contributed by atoms with van der Waals surface area (Å²) in [5.74, 6) is 0.937. The van der Waals surface area contributed by atoms with Gasteiger partial charge in [-0.1, -0.05) is 0 Å². The number of hydrogen-bond acceptors (Lipinski definition) is 3. The van der Waals surface area contributed by atoms with Crippen molar-refractivity contribution in [3.05, 3.63) is 130 Å². The van der Waals surface area contributed by atoms with Crippen LogP contribution in [0.25, 0.3) is 22.7 Å². The number of aromatic hydroxyl groups is 1. The van der Waals surface area contributed by atoms with Crippen molar-refractivity contribution in [2.24, 2.45) is 0 Å². The maximum absolute atomic E-state index is 13.5. The molecule has 4 nitrogen and oxygen atoms in total. The number of fused-ring (bicyclic) bond motifs is 1. The Balaban J connectivity index is 1.58. The predicted molar refractivity (Wildman–Crippen MR) is 150 cm³/mol. The molecule has 0 saturated carbocycles. The van der Waals surface area contributed by atoms with Gasteiger partial charge in [-0.15, -0.1) is 0 Å². The van der Waals surface area contributed by atoms with Crippen LogP contribution in [0.2, 0.25) is 5.32 Å². The van der Waals surface area contributed by atoms with Gasteiger partial charge in [-0.2, -0.15) is 0 Å². The van der Waals surface area contributed by atoms with E-state index in [0.29, 0.717) is 22.5 Å². The molecule has 0 fully saturated rings. The van der Waals surface area contributed by atoms with Gasteiger partial charge >= 0.3 is 216 Å². The van der Waals surface area contributed by atoms with E-state index in [9.17, 15) is 9.90 Å². The van der Waals surface area contributed by atoms with E-state index in [2.05, 4.69) is 24.3 Å². The fraction of sp³-hybridized carbons (Fsp3) is 0.0968. The molecule has 5 aromatic rings. The van der Waals surface area contributed by atoms with Crippen LogP contribution in [0.15, 0.2) is 108 Å². The zero-order valence-corrected chi connectivity index (χ0v) is 22.0. The van der Waals surface area contributed by atoms with Crippen LogP contribution in [-0.4, -0.2) is 28.6 Å². The van der Waals surface area contributed by atoms with Crippen molar-refractivity contribution >= 4 is 39.8 Å². The summed E-state index contributed by atoms with van der Waals surface area (Å²) in [6.07, 6.45) is 4.04. The molecule has 5 rings (SSSR count). The first-order valence-corrected chi connectivity index (χ1v) is 14.7. The van der Waals surface area contributed by atoms with Crippen LogP contribution >= 0.6 is 0 Å². The van der Waals surface area contributed by atoms with Gasteiger partial charge in [0.25, 0.3) is 0 Å². The number of aryl methyl sites for hydroxylation is 2. The van der Waals surface area contributed by atoms with Crippen molar-refractivity contribution in [2.45, 2.75) is 19.2 Å². The molecule has 4 aromatic carbocycles. The van der Waals surface area contributed by atoms with E-state index in [1.807, 2.05) is 98.8 Å². The third kappa shape index (κ3) is 4.90. The first-order chi connectivity index (χ1) is 17.5. The molecule has 1 radical (unpaired) electrons. The number of rotatable bonds is 6. The van der Waals surface area contributed by atoms with Crippen molar-refractivity contribution in [2.75, 3.05) is 0 Å². The summed E-state index contributed by atoms with van der Waals surface area (Å²) >= 11 is -1.59. The van der Waals surface area contributed by atoms with Crippen LogP contribution in [-0.2, 0) is 0 Å². The van der Waals surface area contributed by atoms with Gasteiger partial charge in [0.2, 0.25) is 0 Å². The van der Waals surface area contributed by atoms with Crippen molar-refractivity contribution < 1.29 is 5.11 Å². The van der Waals surface area contributed by atoms with Gasteiger partial charge < -0.3 is 0 Å². The Kier molecular flexibility index (Phi) is 6.86. The molecule has 0 spiro atoms. The van der Waals surface area contributed by atoms with Gasteiger partial charge in [0.15, 0.2) is 0 Å². The Labute approximate surface area is 215 Å². The van der Waals surface area contributed by atoms with Gasteiger partial charge in [-0.3, -0.25) is 0 Å². The zero-order valence-electron chi connectivity index (χ0n) is 20.3. The second-order valence-electron chi connectivity index (χ2n) is 8.71. The number of phenols is 1. The molecule has 1 N–H and O–H groups in total. The molecule has 179 valence electrons. The minimum atomic E-state index is -1.59. The number of nitrogens with zero attached hydrogens (tertiary/aromatic N) is 2. The van der Waals surface area contributed by atoms with Gasteiger partial charge in [0, 0.05) is 0 Å². The Hall–Kier alpha value is -3.92. The van der Waals surface area contributed by atoms with Gasteiger partial charge in [0.1, 0.15) is 0 Å². The van der Waals surface area contributed by atoms with Crippen LogP contribution in [0, 0.1) is 13.8 Å². The molecule has 1 aromatic heterocycles. The number of hydrogen-bond donors (Lipinski definition) is 1. The van der Waals surface area contributed by atoms with E-state index >= 15 is 0 Å². The standard InChI is InChI=1S/C31H27N2O2Se/c1-22-14-17-24(18-15-22)33-30(32-27-12-7-6-11-26(27)31(33)35)13-8-20-36(25-9-4-3-5-10-25)29-19-16-23(2)21-28(29)34/h3-19,21,34H,20H2,1-2H3/b13-8+. The summed E-state index contributed by atoms with van der Waals surface area (Å²) in [7, 11) is 0. The predicted octanol–water partition coefficient (Wildman–Crippen LogP) is 5.03. The summed E-state index contributed by atoms with van der Waals surface area (Å²) in [4.78, 5) is 18.4. The van der Waals surface area contributed by atoms with E-state index in [1.165, 1.54) is 4.46 Å². The van der Waals surface area contributed by atoms with Gasteiger partial charge in [-0.25, -0.2) is 0 Å². The van der Waals surface area contributed by atoms with E-state index in [1.54, 1.807) is 4.57 Å². The SMILES string of the molecule is Cc1ccc(-n2c(/C=C/C[Se](c3ccccc3)c3ccc(C)cc3O)nc3ccccc3c2=O)cc1. The van der Waals surface area contributed by atoms with Crippen LogP contribution in [0.5, 0.6) is 5.75 Å². The fourth-order valence-corrected chi connectivity index (χ4v) is 8.27. The minimum absolute atomic E-state index is 0.0871. The monoisotopic (exact) mass is 539 g/mol. The molecule has 0 aliphatic heterocycles. The molecule has 0 amide bonds. The average molecular weight is 539 g/mol. The Bertz CT molecular complexity index is 1610. The molecule has 0 saturated heterocycles. The van der Waals surface area contributed by atoms with Gasteiger partial charge in [0.05, 0.1) is 0 Å².